The van der Waals surface area contributed by atoms with Gasteiger partial charge in [0.25, 0.3) is 5.91 Å². The van der Waals surface area contributed by atoms with Gasteiger partial charge in [0.1, 0.15) is 0 Å². The van der Waals surface area contributed by atoms with Crippen LogP contribution in [0.4, 0.5) is 0 Å². The number of carbonyl (C=O) groups is 1. The third-order valence-electron chi connectivity index (χ3n) is 4.51. The van der Waals surface area contributed by atoms with Gasteiger partial charge >= 0.3 is 0 Å². The molecule has 0 fully saturated rings. The van der Waals surface area contributed by atoms with Crippen LogP contribution in [0.15, 0.2) is 54.7 Å². The van der Waals surface area contributed by atoms with Crippen LogP contribution in [0.1, 0.15) is 34.6 Å². The van der Waals surface area contributed by atoms with Crippen LogP contribution >= 0.6 is 0 Å². The zero-order valence-electron chi connectivity index (χ0n) is 15.9. The summed E-state index contributed by atoms with van der Waals surface area (Å²) in [7, 11) is 3.11. The zero-order valence-corrected chi connectivity index (χ0v) is 15.9. The van der Waals surface area contributed by atoms with Crippen LogP contribution in [0.2, 0.25) is 0 Å². The number of benzene rings is 2. The van der Waals surface area contributed by atoms with Gasteiger partial charge in [-0.05, 0) is 44.2 Å². The maximum atomic E-state index is 12.6. The minimum absolute atomic E-state index is 0.185. The molecule has 0 bridgehead atoms. The monoisotopic (exact) mass is 365 g/mol. The van der Waals surface area contributed by atoms with Crippen LogP contribution in [0.25, 0.3) is 5.69 Å². The Morgan fingerprint density at radius 1 is 1.07 bits per heavy atom. The SMILES string of the molecule is COc1ccc(C(=O)NC(C)c2cnn(-c3ccccc3)c2C)cc1OC. The van der Waals surface area contributed by atoms with E-state index in [1.165, 1.54) is 0 Å². The third-order valence-corrected chi connectivity index (χ3v) is 4.51. The summed E-state index contributed by atoms with van der Waals surface area (Å²) in [5.41, 5.74) is 3.45. The summed E-state index contributed by atoms with van der Waals surface area (Å²) in [6.45, 7) is 3.94. The maximum absolute atomic E-state index is 12.6. The zero-order chi connectivity index (χ0) is 19.4. The summed E-state index contributed by atoms with van der Waals surface area (Å²) in [4.78, 5) is 12.6. The van der Waals surface area contributed by atoms with Gasteiger partial charge < -0.3 is 14.8 Å². The predicted molar refractivity (Wildman–Crippen MR) is 104 cm³/mol. The number of aromatic nitrogens is 2. The van der Waals surface area contributed by atoms with Crippen molar-refractivity contribution in [1.29, 1.82) is 0 Å². The number of hydrogen-bond donors (Lipinski definition) is 1. The molecule has 6 heteroatoms. The molecule has 1 unspecified atom stereocenters. The Hall–Kier alpha value is -3.28. The van der Waals surface area contributed by atoms with Gasteiger partial charge in [-0.2, -0.15) is 5.10 Å². The molecule has 1 heterocycles. The molecule has 3 aromatic rings. The van der Waals surface area contributed by atoms with E-state index in [0.29, 0.717) is 17.1 Å². The van der Waals surface area contributed by atoms with Crippen molar-refractivity contribution >= 4 is 5.91 Å². The number of rotatable bonds is 6. The minimum atomic E-state index is -0.192. The third kappa shape index (κ3) is 3.79. The summed E-state index contributed by atoms with van der Waals surface area (Å²) in [6, 6.07) is 14.8. The second-order valence-electron chi connectivity index (χ2n) is 6.20. The van der Waals surface area contributed by atoms with Crippen LogP contribution in [0.3, 0.4) is 0 Å². The highest BCUT2D eigenvalue weighted by Crippen LogP contribution is 2.28. The number of amides is 1. The molecule has 0 aliphatic rings. The van der Waals surface area contributed by atoms with Crippen molar-refractivity contribution in [1.82, 2.24) is 15.1 Å². The lowest BCUT2D eigenvalue weighted by atomic mass is 10.1. The Bertz CT molecular complexity index is 935. The highest BCUT2D eigenvalue weighted by molar-refractivity contribution is 5.95. The molecule has 0 aliphatic carbocycles. The van der Waals surface area contributed by atoms with E-state index in [-0.39, 0.29) is 11.9 Å². The number of methoxy groups -OCH3 is 2. The smallest absolute Gasteiger partial charge is 0.251 e. The summed E-state index contributed by atoms with van der Waals surface area (Å²) in [6.07, 6.45) is 1.79. The molecule has 1 atom stereocenters. The number of nitrogens with one attached hydrogen (secondary N) is 1. The molecule has 0 aliphatic heterocycles. The molecule has 0 radical (unpaired) electrons. The predicted octanol–water partition coefficient (Wildman–Crippen LogP) is 3.69. The molecule has 0 spiro atoms. The fraction of sp³-hybridized carbons (Fsp3) is 0.238. The van der Waals surface area contributed by atoms with Crippen molar-refractivity contribution < 1.29 is 14.3 Å². The van der Waals surface area contributed by atoms with Crippen molar-refractivity contribution in [3.8, 4) is 17.2 Å². The summed E-state index contributed by atoms with van der Waals surface area (Å²) < 4.78 is 12.4. The summed E-state index contributed by atoms with van der Waals surface area (Å²) >= 11 is 0. The van der Waals surface area contributed by atoms with E-state index in [9.17, 15) is 4.79 Å². The summed E-state index contributed by atoms with van der Waals surface area (Å²) in [5, 5.41) is 7.48. The molecule has 2 aromatic carbocycles. The first kappa shape index (κ1) is 18.5. The van der Waals surface area contributed by atoms with Crippen molar-refractivity contribution in [3.05, 3.63) is 71.5 Å². The van der Waals surface area contributed by atoms with Crippen molar-refractivity contribution in [2.45, 2.75) is 19.9 Å². The second kappa shape index (κ2) is 7.95. The minimum Gasteiger partial charge on any atom is -0.493 e. The molecule has 0 saturated carbocycles. The Morgan fingerprint density at radius 3 is 2.44 bits per heavy atom. The number of nitrogens with zero attached hydrogens (tertiary/aromatic N) is 2. The highest BCUT2D eigenvalue weighted by atomic mass is 16.5. The van der Waals surface area contributed by atoms with Gasteiger partial charge in [0.15, 0.2) is 11.5 Å². The van der Waals surface area contributed by atoms with Crippen LogP contribution < -0.4 is 14.8 Å². The van der Waals surface area contributed by atoms with Crippen LogP contribution in [-0.2, 0) is 0 Å². The van der Waals surface area contributed by atoms with E-state index in [1.807, 2.05) is 48.9 Å². The van der Waals surface area contributed by atoms with Crippen LogP contribution in [-0.4, -0.2) is 29.9 Å². The van der Waals surface area contributed by atoms with E-state index < -0.39 is 0 Å². The molecule has 1 N–H and O–H groups in total. The van der Waals surface area contributed by atoms with Gasteiger partial charge in [-0.25, -0.2) is 4.68 Å². The Kier molecular flexibility index (Phi) is 5.45. The number of carbonyl (C=O) groups excluding carboxylic acids is 1. The van der Waals surface area contributed by atoms with Gasteiger partial charge in [-0.15, -0.1) is 0 Å². The molecular weight excluding hydrogens is 342 g/mol. The Labute approximate surface area is 158 Å². The fourth-order valence-corrected chi connectivity index (χ4v) is 3.01. The molecule has 1 aromatic heterocycles. The molecule has 3 rings (SSSR count). The highest BCUT2D eigenvalue weighted by Gasteiger charge is 2.18. The Morgan fingerprint density at radius 2 is 1.78 bits per heavy atom. The molecule has 1 amide bonds. The lowest BCUT2D eigenvalue weighted by Crippen LogP contribution is -2.27. The lowest BCUT2D eigenvalue weighted by Gasteiger charge is -2.15. The largest absolute Gasteiger partial charge is 0.493 e. The van der Waals surface area contributed by atoms with Crippen LogP contribution in [0.5, 0.6) is 11.5 Å². The molecule has 140 valence electrons. The normalized spacial score (nSPS) is 11.7. The van der Waals surface area contributed by atoms with Gasteiger partial charge in [0.2, 0.25) is 0 Å². The van der Waals surface area contributed by atoms with E-state index in [0.717, 1.165) is 16.9 Å². The molecule has 27 heavy (non-hydrogen) atoms. The molecule has 0 saturated heterocycles. The van der Waals surface area contributed by atoms with Crippen molar-refractivity contribution in [2.24, 2.45) is 0 Å². The first-order valence-corrected chi connectivity index (χ1v) is 8.68. The van der Waals surface area contributed by atoms with E-state index in [4.69, 9.17) is 9.47 Å². The first-order valence-electron chi connectivity index (χ1n) is 8.68. The van der Waals surface area contributed by atoms with Gasteiger partial charge in [0, 0.05) is 16.8 Å². The van der Waals surface area contributed by atoms with Crippen LogP contribution in [0, 0.1) is 6.92 Å². The van der Waals surface area contributed by atoms with E-state index in [1.54, 1.807) is 38.6 Å². The van der Waals surface area contributed by atoms with Gasteiger partial charge in [-0.1, -0.05) is 18.2 Å². The van der Waals surface area contributed by atoms with Crippen molar-refractivity contribution in [2.75, 3.05) is 14.2 Å². The van der Waals surface area contributed by atoms with Crippen molar-refractivity contribution in [3.63, 3.8) is 0 Å². The number of para-hydroxylation sites is 1. The number of hydrogen-bond acceptors (Lipinski definition) is 4. The van der Waals surface area contributed by atoms with Gasteiger partial charge in [-0.3, -0.25) is 4.79 Å². The quantitative estimate of drug-likeness (QED) is 0.724. The summed E-state index contributed by atoms with van der Waals surface area (Å²) in [5.74, 6) is 0.920. The van der Waals surface area contributed by atoms with Gasteiger partial charge in [0.05, 0.1) is 32.1 Å². The fourth-order valence-electron chi connectivity index (χ4n) is 3.01. The molecular formula is C21H23N3O3. The average Bonchev–Trinajstić information content (AvgIpc) is 3.09. The second-order valence-corrected chi connectivity index (χ2v) is 6.20. The Balaban J connectivity index is 1.79. The standard InChI is InChI=1S/C21H23N3O3/c1-14(18-13-22-24(15(18)2)17-8-6-5-7-9-17)23-21(25)16-10-11-19(26-3)20(12-16)27-4/h5-14H,1-4H3,(H,23,25). The average molecular weight is 365 g/mol. The number of ether oxygens (including phenoxy) is 2. The molecule has 6 nitrogen and oxygen atoms in total. The lowest BCUT2D eigenvalue weighted by molar-refractivity contribution is 0.0939. The first-order chi connectivity index (χ1) is 13.0. The maximum Gasteiger partial charge on any atom is 0.251 e. The van der Waals surface area contributed by atoms with E-state index >= 15 is 0 Å². The topological polar surface area (TPSA) is 65.4 Å². The van der Waals surface area contributed by atoms with E-state index in [2.05, 4.69) is 10.4 Å².